The maximum absolute atomic E-state index is 13.2. The van der Waals surface area contributed by atoms with Gasteiger partial charge in [-0.1, -0.05) is 49.1 Å². The van der Waals surface area contributed by atoms with Crippen molar-refractivity contribution in [2.24, 2.45) is 0 Å². The van der Waals surface area contributed by atoms with Crippen LogP contribution in [0.25, 0.3) is 0 Å². The van der Waals surface area contributed by atoms with Gasteiger partial charge in [0.15, 0.2) is 11.5 Å². The molecule has 1 amide bonds. The van der Waals surface area contributed by atoms with Gasteiger partial charge in [-0.05, 0) is 47.5 Å². The molecule has 0 radical (unpaired) electrons. The Labute approximate surface area is 188 Å². The fourth-order valence-electron chi connectivity index (χ4n) is 3.13. The average molecular weight is 428 g/mol. The highest BCUT2D eigenvalue weighted by molar-refractivity contribution is 5.86. The van der Waals surface area contributed by atoms with Gasteiger partial charge in [-0.3, -0.25) is 4.79 Å². The van der Waals surface area contributed by atoms with Crippen LogP contribution in [-0.2, 0) is 11.3 Å². The van der Waals surface area contributed by atoms with E-state index in [1.54, 1.807) is 49.6 Å². The second kappa shape index (κ2) is 11.2. The fraction of sp³-hybridized carbons (Fsp3) is 0.154. The number of carbonyl (C=O) groups excluding carboxylic acids is 1. The molecule has 0 unspecified atom stereocenters. The van der Waals surface area contributed by atoms with Gasteiger partial charge in [0.2, 0.25) is 5.91 Å². The molecule has 162 valence electrons. The van der Waals surface area contributed by atoms with E-state index in [0.717, 1.165) is 11.3 Å². The van der Waals surface area contributed by atoms with Crippen molar-refractivity contribution in [1.82, 2.24) is 5.32 Å². The highest BCUT2D eigenvalue weighted by atomic mass is 16.5. The second-order valence-electron chi connectivity index (χ2n) is 6.98. The quantitative estimate of drug-likeness (QED) is 0.462. The molecule has 0 spiro atoms. The van der Waals surface area contributed by atoms with Crippen LogP contribution in [0.4, 0.5) is 5.69 Å². The number of ether oxygens (including phenoxy) is 2. The SMILES string of the molecule is C=CCOc1ccc([C@H](Nc2ccc(C#N)cc2)C(=O)NCc2ccccc2)cc1OC. The summed E-state index contributed by atoms with van der Waals surface area (Å²) in [5.74, 6) is 0.893. The average Bonchev–Trinajstić information content (AvgIpc) is 2.85. The van der Waals surface area contributed by atoms with E-state index in [2.05, 4.69) is 23.3 Å². The van der Waals surface area contributed by atoms with Crippen LogP contribution in [0.2, 0.25) is 0 Å². The zero-order chi connectivity index (χ0) is 22.8. The zero-order valence-corrected chi connectivity index (χ0v) is 17.9. The van der Waals surface area contributed by atoms with E-state index in [9.17, 15) is 4.79 Å². The number of carbonyl (C=O) groups is 1. The molecule has 0 aliphatic heterocycles. The summed E-state index contributed by atoms with van der Waals surface area (Å²) >= 11 is 0. The summed E-state index contributed by atoms with van der Waals surface area (Å²) in [6.45, 7) is 4.41. The fourth-order valence-corrected chi connectivity index (χ4v) is 3.13. The summed E-state index contributed by atoms with van der Waals surface area (Å²) in [6.07, 6.45) is 1.65. The Morgan fingerprint density at radius 3 is 2.50 bits per heavy atom. The molecule has 32 heavy (non-hydrogen) atoms. The zero-order valence-electron chi connectivity index (χ0n) is 17.9. The molecule has 3 rings (SSSR count). The summed E-state index contributed by atoms with van der Waals surface area (Å²) in [7, 11) is 1.55. The maximum Gasteiger partial charge on any atom is 0.247 e. The minimum Gasteiger partial charge on any atom is -0.493 e. The Balaban J connectivity index is 1.87. The Bertz CT molecular complexity index is 1090. The Hall–Kier alpha value is -4.24. The van der Waals surface area contributed by atoms with Gasteiger partial charge in [0, 0.05) is 12.2 Å². The van der Waals surface area contributed by atoms with E-state index in [1.165, 1.54) is 0 Å². The Morgan fingerprint density at radius 1 is 1.09 bits per heavy atom. The van der Waals surface area contributed by atoms with Gasteiger partial charge in [-0.25, -0.2) is 0 Å². The highest BCUT2D eigenvalue weighted by Crippen LogP contribution is 2.32. The number of hydrogen-bond donors (Lipinski definition) is 2. The number of nitrogens with zero attached hydrogens (tertiary/aromatic N) is 1. The van der Waals surface area contributed by atoms with Crippen molar-refractivity contribution in [3.8, 4) is 17.6 Å². The molecule has 6 nitrogen and oxygen atoms in total. The highest BCUT2D eigenvalue weighted by Gasteiger charge is 2.22. The molecule has 0 bridgehead atoms. The third-order valence-corrected chi connectivity index (χ3v) is 4.77. The lowest BCUT2D eigenvalue weighted by Gasteiger charge is -2.21. The number of amides is 1. The van der Waals surface area contributed by atoms with Gasteiger partial charge >= 0.3 is 0 Å². The summed E-state index contributed by atoms with van der Waals surface area (Å²) < 4.78 is 11.1. The Kier molecular flexibility index (Phi) is 7.88. The van der Waals surface area contributed by atoms with Crippen LogP contribution < -0.4 is 20.1 Å². The van der Waals surface area contributed by atoms with Crippen molar-refractivity contribution in [2.75, 3.05) is 19.0 Å². The number of nitrogens with one attached hydrogen (secondary N) is 2. The monoisotopic (exact) mass is 427 g/mol. The molecule has 0 aliphatic carbocycles. The van der Waals surface area contributed by atoms with E-state index >= 15 is 0 Å². The van der Waals surface area contributed by atoms with Crippen LogP contribution in [0.3, 0.4) is 0 Å². The number of hydrogen-bond acceptors (Lipinski definition) is 5. The molecule has 0 aliphatic rings. The molecule has 0 aromatic heterocycles. The van der Waals surface area contributed by atoms with Crippen LogP contribution in [0.5, 0.6) is 11.5 Å². The van der Waals surface area contributed by atoms with E-state index < -0.39 is 6.04 Å². The van der Waals surface area contributed by atoms with Gasteiger partial charge in [-0.15, -0.1) is 0 Å². The first-order valence-electron chi connectivity index (χ1n) is 10.1. The number of rotatable bonds is 10. The molecule has 3 aromatic carbocycles. The molecular weight excluding hydrogens is 402 g/mol. The van der Waals surface area contributed by atoms with Gasteiger partial charge in [-0.2, -0.15) is 5.26 Å². The normalized spacial score (nSPS) is 11.0. The summed E-state index contributed by atoms with van der Waals surface area (Å²) in [4.78, 5) is 13.2. The van der Waals surface area contributed by atoms with Crippen molar-refractivity contribution in [2.45, 2.75) is 12.6 Å². The van der Waals surface area contributed by atoms with Gasteiger partial charge in [0.1, 0.15) is 12.6 Å². The van der Waals surface area contributed by atoms with E-state index in [-0.39, 0.29) is 5.91 Å². The molecule has 3 aromatic rings. The largest absolute Gasteiger partial charge is 0.493 e. The third-order valence-electron chi connectivity index (χ3n) is 4.77. The van der Waals surface area contributed by atoms with Gasteiger partial charge in [0.25, 0.3) is 0 Å². The molecule has 6 heteroatoms. The molecule has 1 atom stereocenters. The predicted molar refractivity (Wildman–Crippen MR) is 124 cm³/mol. The predicted octanol–water partition coefficient (Wildman–Crippen LogP) is 4.60. The molecular formula is C26H25N3O3. The summed E-state index contributed by atoms with van der Waals surface area (Å²) in [5.41, 5.74) is 2.98. The smallest absolute Gasteiger partial charge is 0.247 e. The lowest BCUT2D eigenvalue weighted by molar-refractivity contribution is -0.122. The van der Waals surface area contributed by atoms with Crippen LogP contribution >= 0.6 is 0 Å². The first kappa shape index (κ1) is 22.4. The van der Waals surface area contributed by atoms with Crippen molar-refractivity contribution in [3.05, 3.63) is 102 Å². The molecule has 0 fully saturated rings. The standard InChI is InChI=1S/C26H25N3O3/c1-3-15-32-23-14-11-21(16-24(23)31-2)25(29-22-12-9-19(17-27)10-13-22)26(30)28-18-20-7-5-4-6-8-20/h3-14,16,25,29H,1,15,18H2,2H3,(H,28,30)/t25-/m0/s1. The van der Waals surface area contributed by atoms with Gasteiger partial charge < -0.3 is 20.1 Å². The Morgan fingerprint density at radius 2 is 1.84 bits per heavy atom. The third kappa shape index (κ3) is 5.89. The van der Waals surface area contributed by atoms with Crippen LogP contribution in [0.1, 0.15) is 22.7 Å². The van der Waals surface area contributed by atoms with E-state index in [4.69, 9.17) is 14.7 Å². The minimum absolute atomic E-state index is 0.194. The number of benzene rings is 3. The number of nitriles is 1. The molecule has 0 heterocycles. The summed E-state index contributed by atoms with van der Waals surface area (Å²) in [6, 6.07) is 23.4. The van der Waals surface area contributed by atoms with Crippen molar-refractivity contribution >= 4 is 11.6 Å². The van der Waals surface area contributed by atoms with Crippen molar-refractivity contribution in [3.63, 3.8) is 0 Å². The minimum atomic E-state index is -0.686. The molecule has 2 N–H and O–H groups in total. The first-order valence-corrected chi connectivity index (χ1v) is 10.1. The van der Waals surface area contributed by atoms with Crippen molar-refractivity contribution < 1.29 is 14.3 Å². The van der Waals surface area contributed by atoms with Crippen LogP contribution in [-0.4, -0.2) is 19.6 Å². The lowest BCUT2D eigenvalue weighted by atomic mass is 10.0. The maximum atomic E-state index is 13.2. The van der Waals surface area contributed by atoms with Crippen LogP contribution in [0, 0.1) is 11.3 Å². The number of anilines is 1. The van der Waals surface area contributed by atoms with E-state index in [0.29, 0.717) is 35.8 Å². The molecule has 0 saturated heterocycles. The summed E-state index contributed by atoms with van der Waals surface area (Å²) in [5, 5.41) is 15.3. The van der Waals surface area contributed by atoms with Crippen molar-refractivity contribution in [1.29, 1.82) is 5.26 Å². The molecule has 0 saturated carbocycles. The van der Waals surface area contributed by atoms with Crippen LogP contribution in [0.15, 0.2) is 85.5 Å². The first-order chi connectivity index (χ1) is 15.6. The number of methoxy groups -OCH3 is 1. The van der Waals surface area contributed by atoms with E-state index in [1.807, 2.05) is 36.4 Å². The lowest BCUT2D eigenvalue weighted by Crippen LogP contribution is -2.33. The van der Waals surface area contributed by atoms with Gasteiger partial charge in [0.05, 0.1) is 18.7 Å². The second-order valence-corrected chi connectivity index (χ2v) is 6.98. The topological polar surface area (TPSA) is 83.4 Å².